The molecule has 0 bridgehead atoms. The van der Waals surface area contributed by atoms with E-state index >= 15 is 0 Å². The number of fused-ring (bicyclic) bond motifs is 1. The first kappa shape index (κ1) is 20.5. The summed E-state index contributed by atoms with van der Waals surface area (Å²) < 4.78 is 40.7. The molecule has 0 radical (unpaired) electrons. The summed E-state index contributed by atoms with van der Waals surface area (Å²) >= 11 is 5.98. The number of carbonyl (C=O) groups excluding carboxylic acids is 1. The number of benzene rings is 2. The molecule has 0 aliphatic heterocycles. The standard InChI is InChI=1S/C19H15ClF2N2O5/c1-24-17(25)12-6-4-3-5-11(12)15(23-24)18(26)28-9-10-7-13(20)16(29-19(21)22)14(8-10)27-2/h3-8,19H,9H2,1-2H3. The van der Waals surface area contributed by atoms with Crippen LogP contribution in [-0.2, 0) is 18.4 Å². The Hall–Kier alpha value is -3.20. The third-order valence-corrected chi connectivity index (χ3v) is 4.30. The van der Waals surface area contributed by atoms with Crippen molar-refractivity contribution >= 4 is 28.3 Å². The van der Waals surface area contributed by atoms with E-state index in [1.807, 2.05) is 0 Å². The van der Waals surface area contributed by atoms with Crippen LogP contribution in [0.2, 0.25) is 5.02 Å². The topological polar surface area (TPSA) is 79.7 Å². The molecular formula is C19H15ClF2N2O5. The molecule has 2 aromatic carbocycles. The van der Waals surface area contributed by atoms with E-state index < -0.39 is 12.6 Å². The average molecular weight is 425 g/mol. The lowest BCUT2D eigenvalue weighted by Gasteiger charge is -2.14. The first-order chi connectivity index (χ1) is 13.8. The molecular weight excluding hydrogens is 410 g/mol. The van der Waals surface area contributed by atoms with Crippen molar-refractivity contribution in [3.63, 3.8) is 0 Å². The Kier molecular flexibility index (Phi) is 5.97. The molecule has 0 N–H and O–H groups in total. The molecule has 0 fully saturated rings. The van der Waals surface area contributed by atoms with E-state index in [0.717, 1.165) is 4.68 Å². The number of aryl methyl sites for hydroxylation is 1. The zero-order valence-electron chi connectivity index (χ0n) is 15.3. The Morgan fingerprint density at radius 3 is 2.59 bits per heavy atom. The molecule has 10 heteroatoms. The molecule has 0 aliphatic rings. The minimum Gasteiger partial charge on any atom is -0.493 e. The Labute approximate surface area is 168 Å². The van der Waals surface area contributed by atoms with Crippen molar-refractivity contribution in [2.75, 3.05) is 7.11 Å². The second-order valence-electron chi connectivity index (χ2n) is 5.89. The Morgan fingerprint density at radius 2 is 1.93 bits per heavy atom. The van der Waals surface area contributed by atoms with Gasteiger partial charge in [0, 0.05) is 12.4 Å². The molecule has 29 heavy (non-hydrogen) atoms. The third kappa shape index (κ3) is 4.29. The van der Waals surface area contributed by atoms with E-state index in [2.05, 4.69) is 9.84 Å². The molecule has 0 saturated carbocycles. The first-order valence-corrected chi connectivity index (χ1v) is 8.64. The molecule has 3 aromatic rings. The van der Waals surface area contributed by atoms with Crippen molar-refractivity contribution in [1.82, 2.24) is 9.78 Å². The average Bonchev–Trinajstić information content (AvgIpc) is 2.70. The van der Waals surface area contributed by atoms with Crippen molar-refractivity contribution in [1.29, 1.82) is 0 Å². The van der Waals surface area contributed by atoms with Crippen molar-refractivity contribution in [2.45, 2.75) is 13.2 Å². The molecule has 0 atom stereocenters. The normalized spacial score (nSPS) is 11.0. The number of esters is 1. The number of hydrogen-bond donors (Lipinski definition) is 0. The summed E-state index contributed by atoms with van der Waals surface area (Å²) in [5, 5.41) is 4.55. The van der Waals surface area contributed by atoms with Gasteiger partial charge in [-0.15, -0.1) is 0 Å². The van der Waals surface area contributed by atoms with Crippen LogP contribution in [-0.4, -0.2) is 29.5 Å². The molecule has 0 aliphatic carbocycles. The maximum Gasteiger partial charge on any atom is 0.387 e. The number of hydrogen-bond acceptors (Lipinski definition) is 6. The highest BCUT2D eigenvalue weighted by molar-refractivity contribution is 6.32. The zero-order chi connectivity index (χ0) is 21.1. The van der Waals surface area contributed by atoms with Gasteiger partial charge in [-0.05, 0) is 23.8 Å². The second kappa shape index (κ2) is 8.44. The number of aromatic nitrogens is 2. The van der Waals surface area contributed by atoms with Gasteiger partial charge in [0.15, 0.2) is 17.2 Å². The van der Waals surface area contributed by atoms with Crippen LogP contribution in [0.5, 0.6) is 11.5 Å². The van der Waals surface area contributed by atoms with Crippen LogP contribution in [0.1, 0.15) is 16.1 Å². The fourth-order valence-corrected chi connectivity index (χ4v) is 3.01. The smallest absolute Gasteiger partial charge is 0.387 e. The number of methoxy groups -OCH3 is 1. The molecule has 152 valence electrons. The summed E-state index contributed by atoms with van der Waals surface area (Å²) in [7, 11) is 2.69. The van der Waals surface area contributed by atoms with Gasteiger partial charge in [-0.2, -0.15) is 13.9 Å². The van der Waals surface area contributed by atoms with Gasteiger partial charge in [0.1, 0.15) is 6.61 Å². The molecule has 0 unspecified atom stereocenters. The largest absolute Gasteiger partial charge is 0.493 e. The molecule has 0 amide bonds. The fraction of sp³-hybridized carbons (Fsp3) is 0.211. The molecule has 7 nitrogen and oxygen atoms in total. The van der Waals surface area contributed by atoms with Gasteiger partial charge in [0.05, 0.1) is 17.5 Å². The number of rotatable bonds is 6. The van der Waals surface area contributed by atoms with Gasteiger partial charge in [-0.25, -0.2) is 9.48 Å². The fourth-order valence-electron chi connectivity index (χ4n) is 2.73. The van der Waals surface area contributed by atoms with Gasteiger partial charge in [0.2, 0.25) is 0 Å². The maximum atomic E-state index is 12.6. The van der Waals surface area contributed by atoms with Gasteiger partial charge < -0.3 is 14.2 Å². The van der Waals surface area contributed by atoms with Crippen LogP contribution in [0.4, 0.5) is 8.78 Å². The van der Waals surface area contributed by atoms with Gasteiger partial charge in [-0.3, -0.25) is 4.79 Å². The Bertz CT molecular complexity index is 1130. The second-order valence-corrected chi connectivity index (χ2v) is 6.29. The lowest BCUT2D eigenvalue weighted by molar-refractivity contribution is -0.0511. The highest BCUT2D eigenvalue weighted by atomic mass is 35.5. The van der Waals surface area contributed by atoms with Crippen LogP contribution in [0.25, 0.3) is 10.8 Å². The molecule has 1 heterocycles. The van der Waals surface area contributed by atoms with E-state index in [0.29, 0.717) is 16.3 Å². The first-order valence-electron chi connectivity index (χ1n) is 8.26. The van der Waals surface area contributed by atoms with E-state index in [-0.39, 0.29) is 34.4 Å². The van der Waals surface area contributed by atoms with Crippen LogP contribution < -0.4 is 15.0 Å². The monoisotopic (exact) mass is 424 g/mol. The highest BCUT2D eigenvalue weighted by Gasteiger charge is 2.19. The number of carbonyl (C=O) groups is 1. The maximum absolute atomic E-state index is 12.6. The van der Waals surface area contributed by atoms with E-state index in [4.69, 9.17) is 21.1 Å². The summed E-state index contributed by atoms with van der Waals surface area (Å²) in [6.45, 7) is -3.31. The van der Waals surface area contributed by atoms with Crippen LogP contribution in [0.15, 0.2) is 41.2 Å². The minimum atomic E-state index is -3.07. The van der Waals surface area contributed by atoms with Gasteiger partial charge >= 0.3 is 12.6 Å². The lowest BCUT2D eigenvalue weighted by atomic mass is 10.1. The lowest BCUT2D eigenvalue weighted by Crippen LogP contribution is -2.23. The summed E-state index contributed by atoms with van der Waals surface area (Å²) in [5.41, 5.74) is 0.0117. The van der Waals surface area contributed by atoms with Crippen LogP contribution >= 0.6 is 11.6 Å². The third-order valence-electron chi connectivity index (χ3n) is 4.02. The van der Waals surface area contributed by atoms with Crippen molar-refractivity contribution < 1.29 is 27.8 Å². The van der Waals surface area contributed by atoms with Crippen LogP contribution in [0, 0.1) is 0 Å². The molecule has 3 rings (SSSR count). The molecule has 0 spiro atoms. The summed E-state index contributed by atoms with van der Waals surface area (Å²) in [5.74, 6) is -1.11. The van der Waals surface area contributed by atoms with E-state index in [1.54, 1.807) is 24.3 Å². The number of nitrogens with zero attached hydrogens (tertiary/aromatic N) is 2. The summed E-state index contributed by atoms with van der Waals surface area (Å²) in [6.07, 6.45) is 0. The summed E-state index contributed by atoms with van der Waals surface area (Å²) in [4.78, 5) is 24.7. The highest BCUT2D eigenvalue weighted by Crippen LogP contribution is 2.37. The molecule has 0 saturated heterocycles. The number of alkyl halides is 2. The Morgan fingerprint density at radius 1 is 1.24 bits per heavy atom. The van der Waals surface area contributed by atoms with Crippen molar-refractivity contribution in [3.8, 4) is 11.5 Å². The quantitative estimate of drug-likeness (QED) is 0.563. The predicted molar refractivity (Wildman–Crippen MR) is 101 cm³/mol. The van der Waals surface area contributed by atoms with E-state index in [1.165, 1.54) is 26.3 Å². The predicted octanol–water partition coefficient (Wildman–Crippen LogP) is 3.55. The van der Waals surface area contributed by atoms with E-state index in [9.17, 15) is 18.4 Å². The molecule has 1 aromatic heterocycles. The Balaban J connectivity index is 1.87. The van der Waals surface area contributed by atoms with Crippen LogP contribution in [0.3, 0.4) is 0 Å². The van der Waals surface area contributed by atoms with Crippen molar-refractivity contribution in [2.24, 2.45) is 7.05 Å². The summed E-state index contributed by atoms with van der Waals surface area (Å²) in [6, 6.07) is 9.21. The zero-order valence-corrected chi connectivity index (χ0v) is 16.1. The number of ether oxygens (including phenoxy) is 3. The number of halogens is 3. The van der Waals surface area contributed by atoms with Gasteiger partial charge in [-0.1, -0.05) is 29.8 Å². The van der Waals surface area contributed by atoms with Crippen molar-refractivity contribution in [3.05, 3.63) is 63.0 Å². The SMILES string of the molecule is COc1cc(COC(=O)c2nn(C)c(=O)c3ccccc23)cc(Cl)c1OC(F)F. The van der Waals surface area contributed by atoms with Gasteiger partial charge in [0.25, 0.3) is 5.56 Å². The minimum absolute atomic E-state index is 0.0292.